The summed E-state index contributed by atoms with van der Waals surface area (Å²) in [5.41, 5.74) is 3.41. The Hall–Kier alpha value is -2.47. The third kappa shape index (κ3) is 4.52. The van der Waals surface area contributed by atoms with E-state index in [1.807, 2.05) is 30.3 Å². The van der Waals surface area contributed by atoms with Crippen molar-refractivity contribution in [2.45, 2.75) is 13.3 Å². The van der Waals surface area contributed by atoms with Gasteiger partial charge < -0.3 is 10.6 Å². The highest BCUT2D eigenvalue weighted by Gasteiger charge is 2.04. The van der Waals surface area contributed by atoms with E-state index in [1.54, 1.807) is 6.20 Å². The predicted molar refractivity (Wildman–Crippen MR) is 101 cm³/mol. The van der Waals surface area contributed by atoms with Crippen molar-refractivity contribution in [2.24, 2.45) is 0 Å². The van der Waals surface area contributed by atoms with Gasteiger partial charge in [0.2, 0.25) is 5.95 Å². The van der Waals surface area contributed by atoms with Gasteiger partial charge in [0, 0.05) is 11.0 Å². The SMILES string of the molecule is Cc1ccc(Nc2cnnc(NCCc3ccccc3)n2)c(Br)c1. The normalized spacial score (nSPS) is 10.4. The first kappa shape index (κ1) is 16.4. The zero-order valence-electron chi connectivity index (χ0n) is 13.3. The number of benzene rings is 2. The van der Waals surface area contributed by atoms with Crippen LogP contribution in [0.15, 0.2) is 59.2 Å². The zero-order chi connectivity index (χ0) is 16.8. The fourth-order valence-corrected chi connectivity index (χ4v) is 2.85. The molecule has 0 aliphatic carbocycles. The van der Waals surface area contributed by atoms with Gasteiger partial charge in [0.1, 0.15) is 0 Å². The summed E-state index contributed by atoms with van der Waals surface area (Å²) in [5, 5.41) is 14.5. The van der Waals surface area contributed by atoms with Crippen LogP contribution in [-0.4, -0.2) is 21.7 Å². The molecular weight excluding hydrogens is 366 g/mol. The Morgan fingerprint density at radius 3 is 2.71 bits per heavy atom. The third-order valence-electron chi connectivity index (χ3n) is 3.49. The topological polar surface area (TPSA) is 62.7 Å². The maximum atomic E-state index is 4.45. The lowest BCUT2D eigenvalue weighted by atomic mass is 10.1. The lowest BCUT2D eigenvalue weighted by Gasteiger charge is -2.09. The van der Waals surface area contributed by atoms with Crippen LogP contribution in [0.4, 0.5) is 17.5 Å². The second-order valence-electron chi connectivity index (χ2n) is 5.44. The number of nitrogens with one attached hydrogen (secondary N) is 2. The van der Waals surface area contributed by atoms with E-state index in [1.165, 1.54) is 11.1 Å². The van der Waals surface area contributed by atoms with Crippen LogP contribution in [0.5, 0.6) is 0 Å². The standard InChI is InChI=1S/C18H18BrN5/c1-13-7-8-16(15(19)11-13)22-17-12-21-24-18(23-17)20-10-9-14-5-3-2-4-6-14/h2-8,11-12H,9-10H2,1H3,(H2,20,22,23,24). The average Bonchev–Trinajstić information content (AvgIpc) is 2.59. The first-order valence-corrected chi connectivity index (χ1v) is 8.51. The lowest BCUT2D eigenvalue weighted by molar-refractivity contribution is 0.929. The molecule has 1 heterocycles. The molecule has 0 saturated carbocycles. The van der Waals surface area contributed by atoms with Crippen LogP contribution in [-0.2, 0) is 6.42 Å². The van der Waals surface area contributed by atoms with Crippen LogP contribution in [0.2, 0.25) is 0 Å². The second kappa shape index (κ2) is 7.88. The van der Waals surface area contributed by atoms with Gasteiger partial charge in [-0.2, -0.15) is 10.1 Å². The molecule has 0 fully saturated rings. The Labute approximate surface area is 149 Å². The highest BCUT2D eigenvalue weighted by Crippen LogP contribution is 2.25. The fraction of sp³-hybridized carbons (Fsp3) is 0.167. The van der Waals surface area contributed by atoms with Crippen molar-refractivity contribution >= 4 is 33.4 Å². The Morgan fingerprint density at radius 2 is 1.92 bits per heavy atom. The van der Waals surface area contributed by atoms with Crippen molar-refractivity contribution in [3.63, 3.8) is 0 Å². The Kier molecular flexibility index (Phi) is 5.38. The fourth-order valence-electron chi connectivity index (χ4n) is 2.26. The number of anilines is 3. The molecule has 0 aliphatic rings. The summed E-state index contributed by atoms with van der Waals surface area (Å²) in [4.78, 5) is 4.45. The number of nitrogens with zero attached hydrogens (tertiary/aromatic N) is 3. The van der Waals surface area contributed by atoms with E-state index in [-0.39, 0.29) is 0 Å². The Morgan fingerprint density at radius 1 is 1.08 bits per heavy atom. The molecule has 0 spiro atoms. The molecule has 0 radical (unpaired) electrons. The van der Waals surface area contributed by atoms with E-state index in [9.17, 15) is 0 Å². The molecule has 0 saturated heterocycles. The van der Waals surface area contributed by atoms with Crippen molar-refractivity contribution in [1.82, 2.24) is 15.2 Å². The van der Waals surface area contributed by atoms with Gasteiger partial charge in [0.25, 0.3) is 0 Å². The Balaban J connectivity index is 1.61. The number of hydrogen-bond donors (Lipinski definition) is 2. The van der Waals surface area contributed by atoms with E-state index in [2.05, 4.69) is 66.9 Å². The van der Waals surface area contributed by atoms with E-state index in [0.29, 0.717) is 11.8 Å². The zero-order valence-corrected chi connectivity index (χ0v) is 14.9. The minimum Gasteiger partial charge on any atom is -0.353 e. The van der Waals surface area contributed by atoms with E-state index in [4.69, 9.17) is 0 Å². The first-order chi connectivity index (χ1) is 11.7. The summed E-state index contributed by atoms with van der Waals surface area (Å²) in [6.07, 6.45) is 2.51. The third-order valence-corrected chi connectivity index (χ3v) is 4.14. The molecule has 122 valence electrons. The Bertz CT molecular complexity index is 808. The number of hydrogen-bond acceptors (Lipinski definition) is 5. The maximum absolute atomic E-state index is 4.45. The van der Waals surface area contributed by atoms with Crippen molar-refractivity contribution < 1.29 is 0 Å². The molecule has 3 rings (SSSR count). The second-order valence-corrected chi connectivity index (χ2v) is 6.29. The number of halogens is 1. The molecule has 0 unspecified atom stereocenters. The predicted octanol–water partition coefficient (Wildman–Crippen LogP) is 4.34. The van der Waals surface area contributed by atoms with Crippen molar-refractivity contribution in [1.29, 1.82) is 0 Å². The van der Waals surface area contributed by atoms with Gasteiger partial charge in [-0.15, -0.1) is 5.10 Å². The molecule has 3 aromatic rings. The van der Waals surface area contributed by atoms with E-state index in [0.717, 1.165) is 23.1 Å². The molecule has 0 amide bonds. The number of rotatable bonds is 6. The van der Waals surface area contributed by atoms with Crippen LogP contribution in [0.3, 0.4) is 0 Å². The molecule has 2 N–H and O–H groups in total. The van der Waals surface area contributed by atoms with Gasteiger partial charge in [-0.1, -0.05) is 36.4 Å². The van der Waals surface area contributed by atoms with Crippen LogP contribution in [0, 0.1) is 6.92 Å². The van der Waals surface area contributed by atoms with Gasteiger partial charge in [0.15, 0.2) is 5.82 Å². The summed E-state index contributed by atoms with van der Waals surface area (Å²) < 4.78 is 0.986. The summed E-state index contributed by atoms with van der Waals surface area (Å²) in [5.74, 6) is 1.16. The molecule has 0 atom stereocenters. The largest absolute Gasteiger partial charge is 0.353 e. The first-order valence-electron chi connectivity index (χ1n) is 7.71. The molecule has 6 heteroatoms. The highest BCUT2D eigenvalue weighted by molar-refractivity contribution is 9.10. The highest BCUT2D eigenvalue weighted by atomic mass is 79.9. The minimum atomic E-state index is 0.513. The van der Waals surface area contributed by atoms with Crippen molar-refractivity contribution in [3.05, 3.63) is 70.3 Å². The van der Waals surface area contributed by atoms with Gasteiger partial charge in [0.05, 0.1) is 11.9 Å². The maximum Gasteiger partial charge on any atom is 0.244 e. The average molecular weight is 384 g/mol. The molecule has 0 aliphatic heterocycles. The van der Waals surface area contributed by atoms with Gasteiger partial charge in [-0.05, 0) is 52.5 Å². The van der Waals surface area contributed by atoms with Gasteiger partial charge in [-0.25, -0.2) is 0 Å². The summed E-state index contributed by atoms with van der Waals surface area (Å²) in [6, 6.07) is 16.4. The van der Waals surface area contributed by atoms with Gasteiger partial charge in [-0.3, -0.25) is 0 Å². The quantitative estimate of drug-likeness (QED) is 0.662. The summed E-state index contributed by atoms with van der Waals surface area (Å²) in [7, 11) is 0. The number of aryl methyl sites for hydroxylation is 1. The van der Waals surface area contributed by atoms with E-state index >= 15 is 0 Å². The van der Waals surface area contributed by atoms with Crippen LogP contribution >= 0.6 is 15.9 Å². The van der Waals surface area contributed by atoms with Crippen LogP contribution < -0.4 is 10.6 Å². The smallest absolute Gasteiger partial charge is 0.244 e. The van der Waals surface area contributed by atoms with Crippen LogP contribution in [0.25, 0.3) is 0 Å². The molecule has 0 bridgehead atoms. The lowest BCUT2D eigenvalue weighted by Crippen LogP contribution is -2.09. The molecule has 24 heavy (non-hydrogen) atoms. The summed E-state index contributed by atoms with van der Waals surface area (Å²) in [6.45, 7) is 2.80. The minimum absolute atomic E-state index is 0.513. The van der Waals surface area contributed by atoms with Crippen molar-refractivity contribution in [2.75, 3.05) is 17.2 Å². The van der Waals surface area contributed by atoms with Crippen molar-refractivity contribution in [3.8, 4) is 0 Å². The molecule has 2 aromatic carbocycles. The summed E-state index contributed by atoms with van der Waals surface area (Å²) >= 11 is 3.55. The molecular formula is C18H18BrN5. The molecule has 5 nitrogen and oxygen atoms in total. The molecule has 1 aromatic heterocycles. The number of aromatic nitrogens is 3. The van der Waals surface area contributed by atoms with Gasteiger partial charge >= 0.3 is 0 Å². The van der Waals surface area contributed by atoms with E-state index < -0.39 is 0 Å². The monoisotopic (exact) mass is 383 g/mol. The van der Waals surface area contributed by atoms with Crippen LogP contribution in [0.1, 0.15) is 11.1 Å².